The van der Waals surface area contributed by atoms with Crippen LogP contribution >= 0.6 is 11.6 Å². The molecule has 3 rings (SSSR count). The molecule has 8 heteroatoms. The number of hydrogen-bond acceptors (Lipinski definition) is 6. The smallest absolute Gasteiger partial charge is 0.309 e. The van der Waals surface area contributed by atoms with Gasteiger partial charge in [-0.05, 0) is 19.8 Å². The molecule has 0 radical (unpaired) electrons. The van der Waals surface area contributed by atoms with E-state index in [4.69, 9.17) is 16.3 Å². The van der Waals surface area contributed by atoms with E-state index in [1.54, 1.807) is 0 Å². The van der Waals surface area contributed by atoms with Gasteiger partial charge in [0.05, 0.1) is 12.5 Å². The van der Waals surface area contributed by atoms with E-state index < -0.39 is 0 Å². The number of carbonyl (C=O) groups is 1. The molecule has 0 atom stereocenters. The number of nitrogens with one attached hydrogen (secondary N) is 1. The van der Waals surface area contributed by atoms with Gasteiger partial charge in [0, 0.05) is 13.1 Å². The van der Waals surface area contributed by atoms with Crippen molar-refractivity contribution >= 4 is 34.7 Å². The molecule has 0 saturated carbocycles. The highest BCUT2D eigenvalue weighted by Gasteiger charge is 2.27. The number of carbonyl (C=O) groups excluding carboxylic acids is 1. The molecule has 0 spiro atoms. The van der Waals surface area contributed by atoms with E-state index in [0.29, 0.717) is 22.9 Å². The van der Waals surface area contributed by atoms with Gasteiger partial charge >= 0.3 is 5.97 Å². The molecule has 1 aliphatic heterocycles. The van der Waals surface area contributed by atoms with Crippen molar-refractivity contribution in [3.8, 4) is 0 Å². The van der Waals surface area contributed by atoms with Crippen LogP contribution in [0.4, 0.5) is 5.95 Å². The van der Waals surface area contributed by atoms with Crippen molar-refractivity contribution in [2.75, 3.05) is 24.6 Å². The number of anilines is 1. The molecule has 7 nitrogen and oxygen atoms in total. The highest BCUT2D eigenvalue weighted by atomic mass is 35.5. The molecule has 2 aromatic heterocycles. The third kappa shape index (κ3) is 2.78. The van der Waals surface area contributed by atoms with E-state index in [1.807, 2.05) is 6.92 Å². The van der Waals surface area contributed by atoms with Crippen LogP contribution in [0, 0.1) is 5.92 Å². The number of nitrogens with zero attached hydrogens (tertiary/aromatic N) is 4. The number of rotatable bonds is 3. The van der Waals surface area contributed by atoms with Crippen LogP contribution in [0.2, 0.25) is 5.15 Å². The summed E-state index contributed by atoms with van der Waals surface area (Å²) in [5, 5.41) is 0.361. The van der Waals surface area contributed by atoms with Gasteiger partial charge in [-0.2, -0.15) is 4.98 Å². The molecular weight excluding hydrogens is 294 g/mol. The number of esters is 1. The first kappa shape index (κ1) is 14.1. The van der Waals surface area contributed by atoms with Gasteiger partial charge in [0.1, 0.15) is 11.8 Å². The van der Waals surface area contributed by atoms with Crippen molar-refractivity contribution in [1.82, 2.24) is 19.9 Å². The second-order valence-corrected chi connectivity index (χ2v) is 5.29. The van der Waals surface area contributed by atoms with Crippen LogP contribution in [0.5, 0.6) is 0 Å². The maximum atomic E-state index is 11.7. The molecular formula is C13H16ClN5O2. The Kier molecular flexibility index (Phi) is 3.92. The Labute approximate surface area is 126 Å². The molecule has 112 valence electrons. The van der Waals surface area contributed by atoms with Crippen molar-refractivity contribution in [3.63, 3.8) is 0 Å². The molecule has 0 aromatic carbocycles. The van der Waals surface area contributed by atoms with Crippen molar-refractivity contribution < 1.29 is 9.53 Å². The lowest BCUT2D eigenvalue weighted by molar-refractivity contribution is -0.148. The lowest BCUT2D eigenvalue weighted by Crippen LogP contribution is -2.37. The van der Waals surface area contributed by atoms with Crippen LogP contribution in [0.25, 0.3) is 11.2 Å². The van der Waals surface area contributed by atoms with Gasteiger partial charge < -0.3 is 14.6 Å². The number of aromatic amines is 1. The third-order valence-electron chi connectivity index (χ3n) is 3.64. The number of imidazole rings is 1. The van der Waals surface area contributed by atoms with E-state index in [-0.39, 0.29) is 11.9 Å². The third-order valence-corrected chi connectivity index (χ3v) is 3.93. The summed E-state index contributed by atoms with van der Waals surface area (Å²) in [6.07, 6.45) is 2.91. The highest BCUT2D eigenvalue weighted by molar-refractivity contribution is 6.33. The SMILES string of the molecule is CCOC(=O)C1CCN(c2nc3ncnc(Cl)c3[nH]2)CC1. The van der Waals surface area contributed by atoms with Gasteiger partial charge in [0.2, 0.25) is 5.95 Å². The fourth-order valence-electron chi connectivity index (χ4n) is 2.52. The maximum absolute atomic E-state index is 11.7. The quantitative estimate of drug-likeness (QED) is 0.687. The molecule has 0 amide bonds. The predicted octanol–water partition coefficient (Wildman–Crippen LogP) is 1.79. The fourth-order valence-corrected chi connectivity index (χ4v) is 2.70. The van der Waals surface area contributed by atoms with E-state index in [2.05, 4.69) is 24.8 Å². The van der Waals surface area contributed by atoms with Gasteiger partial charge in [-0.3, -0.25) is 4.79 Å². The van der Waals surface area contributed by atoms with Crippen molar-refractivity contribution in [2.24, 2.45) is 5.92 Å². The Morgan fingerprint density at radius 1 is 1.48 bits per heavy atom. The Bertz CT molecular complexity index is 651. The van der Waals surface area contributed by atoms with Crippen LogP contribution in [0.15, 0.2) is 6.33 Å². The zero-order valence-electron chi connectivity index (χ0n) is 11.7. The molecule has 1 saturated heterocycles. The minimum atomic E-state index is -0.101. The van der Waals surface area contributed by atoms with Crippen LogP contribution < -0.4 is 4.90 Å². The first-order valence-electron chi connectivity index (χ1n) is 6.97. The minimum Gasteiger partial charge on any atom is -0.466 e. The Morgan fingerprint density at radius 3 is 2.90 bits per heavy atom. The molecule has 3 heterocycles. The summed E-state index contributed by atoms with van der Waals surface area (Å²) >= 11 is 6.01. The molecule has 1 N–H and O–H groups in total. The van der Waals surface area contributed by atoms with Gasteiger partial charge in [-0.1, -0.05) is 11.6 Å². The Morgan fingerprint density at radius 2 is 2.24 bits per heavy atom. The number of hydrogen-bond donors (Lipinski definition) is 1. The summed E-state index contributed by atoms with van der Waals surface area (Å²) in [4.78, 5) is 29.4. The number of aromatic nitrogens is 4. The number of fused-ring (bicyclic) bond motifs is 1. The largest absolute Gasteiger partial charge is 0.466 e. The van der Waals surface area contributed by atoms with Crippen LogP contribution in [-0.4, -0.2) is 45.6 Å². The summed E-state index contributed by atoms with van der Waals surface area (Å²) in [5.74, 6) is 0.597. The number of ether oxygens (including phenoxy) is 1. The van der Waals surface area contributed by atoms with E-state index in [9.17, 15) is 4.79 Å². The number of piperidine rings is 1. The summed E-state index contributed by atoms with van der Waals surface area (Å²) in [5.41, 5.74) is 1.19. The minimum absolute atomic E-state index is 0.0195. The standard InChI is InChI=1S/C13H16ClN5O2/c1-2-21-12(20)8-3-5-19(6-4-8)13-17-9-10(14)15-7-16-11(9)18-13/h7-8H,2-6H2,1H3,(H,15,16,17,18). The van der Waals surface area contributed by atoms with E-state index >= 15 is 0 Å². The van der Waals surface area contributed by atoms with Crippen molar-refractivity contribution in [3.05, 3.63) is 11.5 Å². The van der Waals surface area contributed by atoms with Crippen LogP contribution in [0.3, 0.4) is 0 Å². The molecule has 0 unspecified atom stereocenters. The zero-order valence-corrected chi connectivity index (χ0v) is 12.4. The first-order chi connectivity index (χ1) is 10.2. The monoisotopic (exact) mass is 309 g/mol. The van der Waals surface area contributed by atoms with Gasteiger partial charge in [0.15, 0.2) is 10.8 Å². The van der Waals surface area contributed by atoms with Gasteiger partial charge in [0.25, 0.3) is 0 Å². The number of halogens is 1. The van der Waals surface area contributed by atoms with Crippen LogP contribution in [-0.2, 0) is 9.53 Å². The Hall–Kier alpha value is -1.89. The average Bonchev–Trinajstić information content (AvgIpc) is 2.93. The molecule has 1 fully saturated rings. The summed E-state index contributed by atoms with van der Waals surface area (Å²) in [6, 6.07) is 0. The fraction of sp³-hybridized carbons (Fsp3) is 0.538. The number of H-pyrrole nitrogens is 1. The zero-order chi connectivity index (χ0) is 14.8. The molecule has 0 aliphatic carbocycles. The van der Waals surface area contributed by atoms with Crippen molar-refractivity contribution in [1.29, 1.82) is 0 Å². The Balaban J connectivity index is 1.71. The lowest BCUT2D eigenvalue weighted by atomic mass is 9.97. The molecule has 0 bridgehead atoms. The normalized spacial score (nSPS) is 16.4. The van der Waals surface area contributed by atoms with Crippen molar-refractivity contribution in [2.45, 2.75) is 19.8 Å². The summed E-state index contributed by atoms with van der Waals surface area (Å²) in [7, 11) is 0. The molecule has 1 aliphatic rings. The van der Waals surface area contributed by atoms with E-state index in [1.165, 1.54) is 6.33 Å². The summed E-state index contributed by atoms with van der Waals surface area (Å²) in [6.45, 7) is 3.74. The van der Waals surface area contributed by atoms with Crippen LogP contribution in [0.1, 0.15) is 19.8 Å². The average molecular weight is 310 g/mol. The maximum Gasteiger partial charge on any atom is 0.309 e. The van der Waals surface area contributed by atoms with Gasteiger partial charge in [-0.25, -0.2) is 9.97 Å². The topological polar surface area (TPSA) is 84.0 Å². The first-order valence-corrected chi connectivity index (χ1v) is 7.34. The predicted molar refractivity (Wildman–Crippen MR) is 78.3 cm³/mol. The lowest BCUT2D eigenvalue weighted by Gasteiger charge is -2.30. The molecule has 2 aromatic rings. The van der Waals surface area contributed by atoms with E-state index in [0.717, 1.165) is 31.9 Å². The second kappa shape index (κ2) is 5.85. The second-order valence-electron chi connectivity index (χ2n) is 4.94. The molecule has 21 heavy (non-hydrogen) atoms. The van der Waals surface area contributed by atoms with Gasteiger partial charge in [-0.15, -0.1) is 0 Å². The highest BCUT2D eigenvalue weighted by Crippen LogP contribution is 2.25. The summed E-state index contributed by atoms with van der Waals surface area (Å²) < 4.78 is 5.07.